The van der Waals surface area contributed by atoms with Crippen LogP contribution in [-0.4, -0.2) is 39.3 Å². The van der Waals surface area contributed by atoms with Crippen molar-refractivity contribution in [2.75, 3.05) is 14.2 Å². The molecule has 566 valence electrons. The van der Waals surface area contributed by atoms with Gasteiger partial charge >= 0.3 is 0 Å². The van der Waals surface area contributed by atoms with Gasteiger partial charge in [-0.25, -0.2) is 0 Å². The summed E-state index contributed by atoms with van der Waals surface area (Å²) in [6, 6.07) is 125. The van der Waals surface area contributed by atoms with Gasteiger partial charge in [-0.15, -0.1) is 0 Å². The van der Waals surface area contributed by atoms with E-state index >= 15 is 0 Å². The van der Waals surface area contributed by atoms with Crippen LogP contribution in [0.25, 0.3) is 190 Å². The molecular weight excluding hydrogens is 1510 g/mol. The first-order chi connectivity index (χ1) is 57.8. The van der Waals surface area contributed by atoms with Gasteiger partial charge in [0.1, 0.15) is 57.6 Å². The van der Waals surface area contributed by atoms with Gasteiger partial charge in [-0.3, -0.25) is 0 Å². The van der Waals surface area contributed by atoms with E-state index < -0.39 is 0 Å². The topological polar surface area (TPSA) is 154 Å². The minimum absolute atomic E-state index is 0.0874. The van der Waals surface area contributed by atoms with Gasteiger partial charge in [0.25, 0.3) is 0 Å². The molecule has 0 bridgehead atoms. The number of benzene rings is 13. The molecule has 8 aromatic heterocycles. The minimum atomic E-state index is -0.0874. The zero-order chi connectivity index (χ0) is 79.0. The smallest absolute Gasteiger partial charge is 0.142 e. The van der Waals surface area contributed by atoms with Crippen LogP contribution in [0, 0.1) is 0 Å². The van der Waals surface area contributed by atoms with Crippen LogP contribution in [0.5, 0.6) is 11.5 Å². The fourth-order valence-electron chi connectivity index (χ4n) is 15.5. The van der Waals surface area contributed by atoms with Crippen LogP contribution in [0.1, 0.15) is 5.56 Å². The van der Waals surface area contributed by atoms with Crippen molar-refractivity contribution in [2.45, 2.75) is 6.61 Å². The molecule has 0 radical (unpaired) electrons. The van der Waals surface area contributed by atoms with Crippen LogP contribution >= 0.6 is 15.9 Å². The number of para-hydroxylation sites is 1. The SMILES string of the molecule is Brc1cccc2[nH]cc(-c3cc(-c4ccccc4)oc3-c3ccccc3)c12.COc1c(CO)ccc2[nH]cc(-c3cc(-c4ccccc4)oc3-c3ccccc3)c12.COc1cccc2[nH]cc(-c3cc(-c4ccccc4)oc3-c3ccccc3)c12.c1ccc(-c2cc(-c3c(-c4ccccc4)[nH]c4ccccc34)c(-c3ccccc3)o2)cc1. The Morgan fingerprint density at radius 3 is 1.02 bits per heavy atom. The van der Waals surface area contributed by atoms with Crippen molar-refractivity contribution >= 4 is 59.5 Å². The molecule has 13 aromatic carbocycles. The van der Waals surface area contributed by atoms with Crippen LogP contribution in [0.2, 0.25) is 0 Å². The Morgan fingerprint density at radius 1 is 0.291 bits per heavy atom. The molecule has 0 amide bonds. The zero-order valence-electron chi connectivity index (χ0n) is 63.9. The number of aliphatic hydroxyl groups is 1. The second-order valence-electron chi connectivity index (χ2n) is 28.1. The van der Waals surface area contributed by atoms with Crippen molar-refractivity contribution in [3.05, 3.63) is 399 Å². The van der Waals surface area contributed by atoms with Gasteiger partial charge in [-0.1, -0.05) is 325 Å². The number of H-pyrrole nitrogens is 4. The summed E-state index contributed by atoms with van der Waals surface area (Å²) < 4.78 is 38.1. The van der Waals surface area contributed by atoms with E-state index in [4.69, 9.17) is 27.1 Å². The fourth-order valence-corrected chi connectivity index (χ4v) is 16.1. The molecule has 11 nitrogen and oxygen atoms in total. The summed E-state index contributed by atoms with van der Waals surface area (Å²) in [5, 5.41) is 14.1. The number of hydrogen-bond donors (Lipinski definition) is 5. The number of furan rings is 4. The standard InChI is InChI=1S/C30H21NO.C26H21NO3.C25H19NO2.C24H16BrNO/c1-4-12-21(13-5-1)27-20-25(30(32-27)23-16-8-3-9-17-23)28-24-18-10-11-19-26(24)31-29(28)22-14-6-2-7-15-22;1-29-26-19(16-28)12-13-22-24(26)21(15-27-22)20-14-23(17-8-4-2-5-9-17)30-25(20)18-10-6-3-7-11-18;1-27-22-14-8-13-21-24(22)20(16-26-21)19-15-23(17-9-4-2-5-10-17)28-25(19)18-11-6-3-7-12-18;25-20-12-7-13-21-23(20)19(15-26-21)18-14-22(16-8-3-1-4-9-16)27-24(18)17-10-5-2-6-11-17/h1-20,31H;2-15,27-28H,16H2,1H3;2-16,26H,1H3;1-15,26H. The molecule has 5 N–H and O–H groups in total. The Hall–Kier alpha value is -14.8. The van der Waals surface area contributed by atoms with Crippen molar-refractivity contribution in [1.82, 2.24) is 19.9 Å². The van der Waals surface area contributed by atoms with Gasteiger partial charge in [-0.05, 0) is 66.2 Å². The van der Waals surface area contributed by atoms with Crippen molar-refractivity contribution in [3.8, 4) is 158 Å². The molecular formula is C105H77BrN4O7. The van der Waals surface area contributed by atoms with E-state index in [-0.39, 0.29) is 6.61 Å². The number of aromatic amines is 4. The third-order valence-corrected chi connectivity index (χ3v) is 21.7. The number of halogens is 1. The number of nitrogens with one attached hydrogen (secondary N) is 4. The number of aliphatic hydroxyl groups excluding tert-OH is 1. The third-order valence-electron chi connectivity index (χ3n) is 21.0. The fraction of sp³-hybridized carbons (Fsp3) is 0.0286. The van der Waals surface area contributed by atoms with Crippen molar-refractivity contribution in [1.29, 1.82) is 0 Å². The van der Waals surface area contributed by atoms with Gasteiger partial charge in [-0.2, -0.15) is 0 Å². The Morgan fingerprint density at radius 2 is 0.615 bits per heavy atom. The molecule has 0 aliphatic heterocycles. The van der Waals surface area contributed by atoms with Gasteiger partial charge in [0.05, 0.1) is 26.5 Å². The summed E-state index contributed by atoms with van der Waals surface area (Å²) in [4.78, 5) is 13.8. The number of hydrogen-bond acceptors (Lipinski definition) is 7. The molecule has 0 aliphatic carbocycles. The predicted molar refractivity (Wildman–Crippen MR) is 480 cm³/mol. The monoisotopic (exact) mass is 1580 g/mol. The summed E-state index contributed by atoms with van der Waals surface area (Å²) >= 11 is 3.71. The van der Waals surface area contributed by atoms with Crippen LogP contribution in [0.3, 0.4) is 0 Å². The quantitative estimate of drug-likeness (QED) is 0.0645. The summed E-state index contributed by atoms with van der Waals surface area (Å²) in [6.07, 6.45) is 6.06. The minimum Gasteiger partial charge on any atom is -0.496 e. The normalized spacial score (nSPS) is 11.1. The number of ether oxygens (including phenoxy) is 2. The van der Waals surface area contributed by atoms with E-state index in [1.807, 2.05) is 207 Å². The molecule has 0 atom stereocenters. The van der Waals surface area contributed by atoms with Gasteiger partial charge in [0, 0.05) is 161 Å². The summed E-state index contributed by atoms with van der Waals surface area (Å²) in [7, 11) is 3.34. The molecule has 0 saturated carbocycles. The molecule has 8 heterocycles. The average Bonchev–Trinajstić information content (AvgIpc) is 1.61. The van der Waals surface area contributed by atoms with E-state index in [9.17, 15) is 5.11 Å². The average molecular weight is 1590 g/mol. The number of fused-ring (bicyclic) bond motifs is 4. The van der Waals surface area contributed by atoms with Crippen molar-refractivity contribution in [3.63, 3.8) is 0 Å². The van der Waals surface area contributed by atoms with Gasteiger partial charge in [0.15, 0.2) is 0 Å². The van der Waals surface area contributed by atoms with Gasteiger partial charge in [0.2, 0.25) is 0 Å². The van der Waals surface area contributed by atoms with Crippen LogP contribution < -0.4 is 9.47 Å². The second kappa shape index (κ2) is 33.5. The van der Waals surface area contributed by atoms with E-state index in [1.54, 1.807) is 14.2 Å². The predicted octanol–water partition coefficient (Wildman–Crippen LogP) is 29.0. The molecule has 0 aliphatic rings. The highest BCUT2D eigenvalue weighted by Gasteiger charge is 2.27. The number of rotatable bonds is 16. The van der Waals surface area contributed by atoms with Crippen LogP contribution in [0.4, 0.5) is 0 Å². The summed E-state index contributed by atoms with van der Waals surface area (Å²) in [5.41, 5.74) is 24.1. The maximum absolute atomic E-state index is 9.78. The molecule has 117 heavy (non-hydrogen) atoms. The zero-order valence-corrected chi connectivity index (χ0v) is 65.5. The molecule has 21 rings (SSSR count). The van der Waals surface area contributed by atoms with Gasteiger partial charge < -0.3 is 52.2 Å². The third kappa shape index (κ3) is 14.9. The molecule has 0 saturated heterocycles. The lowest BCUT2D eigenvalue weighted by atomic mass is 9.96. The highest BCUT2D eigenvalue weighted by Crippen LogP contribution is 2.50. The van der Waals surface area contributed by atoms with Crippen LogP contribution in [0.15, 0.2) is 411 Å². The second-order valence-corrected chi connectivity index (χ2v) is 29.0. The number of methoxy groups -OCH3 is 2. The lowest BCUT2D eigenvalue weighted by Crippen LogP contribution is -1.93. The summed E-state index contributed by atoms with van der Waals surface area (Å²) in [6.45, 7) is -0.0874. The summed E-state index contributed by atoms with van der Waals surface area (Å²) in [5.74, 6) is 8.31. The first-order valence-electron chi connectivity index (χ1n) is 38.7. The Bertz CT molecular complexity index is 6920. The lowest BCUT2D eigenvalue weighted by Gasteiger charge is -2.10. The van der Waals surface area contributed by atoms with Crippen molar-refractivity contribution in [2.24, 2.45) is 0 Å². The Balaban J connectivity index is 0.000000108. The molecule has 0 unspecified atom stereocenters. The maximum Gasteiger partial charge on any atom is 0.142 e. The maximum atomic E-state index is 9.78. The van der Waals surface area contributed by atoms with Crippen LogP contribution in [-0.2, 0) is 6.61 Å². The lowest BCUT2D eigenvalue weighted by molar-refractivity contribution is 0.274. The van der Waals surface area contributed by atoms with E-state index in [2.05, 4.69) is 218 Å². The van der Waals surface area contributed by atoms with E-state index in [1.165, 1.54) is 5.39 Å². The van der Waals surface area contributed by atoms with Crippen molar-refractivity contribution < 1.29 is 32.2 Å². The Labute approximate surface area is 684 Å². The molecule has 12 heteroatoms. The number of aromatic nitrogens is 4. The van der Waals surface area contributed by atoms with E-state index in [0.29, 0.717) is 5.75 Å². The largest absolute Gasteiger partial charge is 0.496 e. The first-order valence-corrected chi connectivity index (χ1v) is 39.5. The highest BCUT2D eigenvalue weighted by molar-refractivity contribution is 9.10. The highest BCUT2D eigenvalue weighted by atomic mass is 79.9. The molecule has 0 spiro atoms. The Kier molecular flexibility index (Phi) is 21.1. The molecule has 21 aromatic rings. The van der Waals surface area contributed by atoms with E-state index in [0.717, 1.165) is 200 Å². The first kappa shape index (κ1) is 73.6. The molecule has 0 fully saturated rings.